The Bertz CT molecular complexity index is 704. The second kappa shape index (κ2) is 7.74. The highest BCUT2D eigenvalue weighted by molar-refractivity contribution is 7.15. The van der Waals surface area contributed by atoms with Gasteiger partial charge in [0.05, 0.1) is 20.3 Å². The summed E-state index contributed by atoms with van der Waals surface area (Å²) >= 11 is 1.65. The molecule has 2 N–H and O–H groups in total. The lowest BCUT2D eigenvalue weighted by molar-refractivity contribution is -0.121. The van der Waals surface area contributed by atoms with Crippen molar-refractivity contribution in [3.8, 4) is 16.3 Å². The Hall–Kier alpha value is -1.96. The number of nitrogens with two attached hydrogens (primary N) is 1. The van der Waals surface area contributed by atoms with Crippen LogP contribution in [-0.4, -0.2) is 48.7 Å². The van der Waals surface area contributed by atoms with Gasteiger partial charge in [-0.25, -0.2) is 4.98 Å². The van der Waals surface area contributed by atoms with Gasteiger partial charge in [0, 0.05) is 42.2 Å². The molecule has 0 radical (unpaired) electrons. The van der Waals surface area contributed by atoms with Crippen LogP contribution in [0.5, 0.6) is 5.75 Å². The summed E-state index contributed by atoms with van der Waals surface area (Å²) in [7, 11) is 1.66. The van der Waals surface area contributed by atoms with Crippen LogP contribution in [0.3, 0.4) is 0 Å². The highest BCUT2D eigenvalue weighted by atomic mass is 32.1. The summed E-state index contributed by atoms with van der Waals surface area (Å²) in [5.74, 6) is 0.524. The summed E-state index contributed by atoms with van der Waals surface area (Å²) in [6.07, 6.45) is 2.22. The number of benzene rings is 1. The number of amides is 1. The molecule has 0 aliphatic carbocycles. The number of methoxy groups -OCH3 is 1. The first-order chi connectivity index (χ1) is 11.7. The van der Waals surface area contributed by atoms with Crippen LogP contribution < -0.4 is 10.5 Å². The maximum atomic E-state index is 11.2. The molecule has 0 spiro atoms. The molecule has 6 nitrogen and oxygen atoms in total. The number of aromatic nitrogens is 1. The van der Waals surface area contributed by atoms with Gasteiger partial charge in [-0.15, -0.1) is 11.3 Å². The predicted octanol–water partition coefficient (Wildman–Crippen LogP) is 1.89. The first-order valence-electron chi connectivity index (χ1n) is 7.85. The van der Waals surface area contributed by atoms with Gasteiger partial charge in [-0.1, -0.05) is 12.1 Å². The maximum Gasteiger partial charge on any atom is 0.219 e. The van der Waals surface area contributed by atoms with Crippen LogP contribution in [0.2, 0.25) is 0 Å². The zero-order chi connectivity index (χ0) is 16.9. The second-order valence-corrected chi connectivity index (χ2v) is 6.85. The number of carbonyl (C=O) groups is 1. The highest BCUT2D eigenvalue weighted by Gasteiger charge is 2.25. The number of morpholine rings is 1. The highest BCUT2D eigenvalue weighted by Crippen LogP contribution is 2.29. The summed E-state index contributed by atoms with van der Waals surface area (Å²) in [4.78, 5) is 19.2. The molecular formula is C17H21N3O3S. The Morgan fingerprint density at radius 1 is 1.54 bits per heavy atom. The van der Waals surface area contributed by atoms with E-state index in [1.54, 1.807) is 18.4 Å². The van der Waals surface area contributed by atoms with Gasteiger partial charge in [-0.05, 0) is 12.1 Å². The van der Waals surface area contributed by atoms with Crippen molar-refractivity contribution < 1.29 is 14.3 Å². The molecule has 1 amide bonds. The molecule has 2 heterocycles. The first-order valence-corrected chi connectivity index (χ1v) is 8.66. The average molecular weight is 347 g/mol. The summed E-state index contributed by atoms with van der Waals surface area (Å²) in [5.41, 5.74) is 6.39. The molecule has 1 aromatic heterocycles. The van der Waals surface area contributed by atoms with E-state index in [-0.39, 0.29) is 11.9 Å². The number of primary amides is 1. The van der Waals surface area contributed by atoms with Gasteiger partial charge in [-0.2, -0.15) is 0 Å². The van der Waals surface area contributed by atoms with Gasteiger partial charge in [0.25, 0.3) is 0 Å². The summed E-state index contributed by atoms with van der Waals surface area (Å²) in [5, 5.41) is 0.962. The molecule has 128 valence electrons. The number of rotatable bonds is 6. The number of nitrogens with zero attached hydrogens (tertiary/aromatic N) is 2. The normalized spacial score (nSPS) is 18.5. The second-order valence-electron chi connectivity index (χ2n) is 5.73. The summed E-state index contributed by atoms with van der Waals surface area (Å²) in [6.45, 7) is 2.77. The molecular weight excluding hydrogens is 326 g/mol. The van der Waals surface area contributed by atoms with E-state index in [1.165, 1.54) is 0 Å². The number of ether oxygens (including phenoxy) is 2. The number of carbonyl (C=O) groups excluding carboxylic acids is 1. The number of hydrogen-bond donors (Lipinski definition) is 1. The number of thiazole rings is 1. The molecule has 0 bridgehead atoms. The molecule has 0 saturated carbocycles. The monoisotopic (exact) mass is 347 g/mol. The fourth-order valence-corrected chi connectivity index (χ4v) is 3.72. The van der Waals surface area contributed by atoms with Gasteiger partial charge in [-0.3, -0.25) is 9.69 Å². The first kappa shape index (κ1) is 16.9. The van der Waals surface area contributed by atoms with Crippen molar-refractivity contribution in [2.24, 2.45) is 5.73 Å². The van der Waals surface area contributed by atoms with Crippen molar-refractivity contribution >= 4 is 17.2 Å². The molecule has 7 heteroatoms. The zero-order valence-corrected chi connectivity index (χ0v) is 14.4. The van der Waals surface area contributed by atoms with E-state index in [1.807, 2.05) is 30.5 Å². The third-order valence-corrected chi connectivity index (χ3v) is 5.05. The number of hydrogen-bond acceptors (Lipinski definition) is 6. The minimum Gasteiger partial charge on any atom is -0.497 e. The smallest absolute Gasteiger partial charge is 0.219 e. The summed E-state index contributed by atoms with van der Waals surface area (Å²) < 4.78 is 10.7. The van der Waals surface area contributed by atoms with Crippen LogP contribution in [0.25, 0.3) is 10.6 Å². The van der Waals surface area contributed by atoms with Crippen LogP contribution in [0.4, 0.5) is 0 Å². The molecule has 1 aliphatic heterocycles. The van der Waals surface area contributed by atoms with Crippen molar-refractivity contribution in [3.05, 3.63) is 35.3 Å². The SMILES string of the molecule is COc1cccc(-c2ncc(CN3CCOCC3CC(N)=O)s2)c1. The van der Waals surface area contributed by atoms with Gasteiger partial charge >= 0.3 is 0 Å². The maximum absolute atomic E-state index is 11.2. The van der Waals surface area contributed by atoms with Crippen LogP contribution in [0.15, 0.2) is 30.5 Å². The van der Waals surface area contributed by atoms with E-state index in [4.69, 9.17) is 15.2 Å². The quantitative estimate of drug-likeness (QED) is 0.863. The van der Waals surface area contributed by atoms with Crippen LogP contribution in [0, 0.1) is 0 Å². The van der Waals surface area contributed by atoms with Crippen molar-refractivity contribution in [2.75, 3.05) is 26.9 Å². The Labute approximate surface area is 145 Å². The Morgan fingerprint density at radius 3 is 3.21 bits per heavy atom. The minimum atomic E-state index is -0.295. The van der Waals surface area contributed by atoms with E-state index in [9.17, 15) is 4.79 Å². The molecule has 1 aromatic carbocycles. The molecule has 3 rings (SSSR count). The van der Waals surface area contributed by atoms with Gasteiger partial charge < -0.3 is 15.2 Å². The predicted molar refractivity (Wildman–Crippen MR) is 92.9 cm³/mol. The average Bonchev–Trinajstić information content (AvgIpc) is 3.05. The van der Waals surface area contributed by atoms with Crippen LogP contribution >= 0.6 is 11.3 Å². The van der Waals surface area contributed by atoms with Crippen molar-refractivity contribution in [3.63, 3.8) is 0 Å². The fraction of sp³-hybridized carbons (Fsp3) is 0.412. The van der Waals surface area contributed by atoms with Crippen molar-refractivity contribution in [2.45, 2.75) is 19.0 Å². The largest absolute Gasteiger partial charge is 0.497 e. The Morgan fingerprint density at radius 2 is 2.42 bits per heavy atom. The van der Waals surface area contributed by atoms with Crippen molar-refractivity contribution in [1.82, 2.24) is 9.88 Å². The standard InChI is InChI=1S/C17H21N3O3S/c1-22-14-4-2-3-12(7-14)17-19-9-15(24-17)10-20-5-6-23-11-13(20)8-16(18)21/h2-4,7,9,13H,5-6,8,10-11H2,1H3,(H2,18,21). The molecule has 24 heavy (non-hydrogen) atoms. The molecule has 1 atom stereocenters. The third kappa shape index (κ3) is 4.11. The summed E-state index contributed by atoms with van der Waals surface area (Å²) in [6, 6.07) is 7.92. The third-order valence-electron chi connectivity index (χ3n) is 4.02. The van der Waals surface area contributed by atoms with Crippen molar-refractivity contribution in [1.29, 1.82) is 0 Å². The molecule has 2 aromatic rings. The van der Waals surface area contributed by atoms with E-state index >= 15 is 0 Å². The Kier molecular flexibility index (Phi) is 5.44. The lowest BCUT2D eigenvalue weighted by atomic mass is 10.1. The van der Waals surface area contributed by atoms with E-state index < -0.39 is 0 Å². The van der Waals surface area contributed by atoms with E-state index in [2.05, 4.69) is 9.88 Å². The zero-order valence-electron chi connectivity index (χ0n) is 13.6. The lowest BCUT2D eigenvalue weighted by Crippen LogP contribution is -2.46. The van der Waals surface area contributed by atoms with E-state index in [0.717, 1.165) is 34.3 Å². The fourth-order valence-electron chi connectivity index (χ4n) is 2.79. The minimum absolute atomic E-state index is 0.0404. The van der Waals surface area contributed by atoms with Gasteiger partial charge in [0.2, 0.25) is 5.91 Å². The van der Waals surface area contributed by atoms with Crippen LogP contribution in [0.1, 0.15) is 11.3 Å². The Balaban J connectivity index is 1.71. The van der Waals surface area contributed by atoms with Gasteiger partial charge in [0.1, 0.15) is 10.8 Å². The lowest BCUT2D eigenvalue weighted by Gasteiger charge is -2.34. The molecule has 1 aliphatic rings. The molecule has 1 saturated heterocycles. The molecule has 1 fully saturated rings. The molecule has 1 unspecified atom stereocenters. The van der Waals surface area contributed by atoms with Gasteiger partial charge in [0.15, 0.2) is 0 Å². The van der Waals surface area contributed by atoms with Crippen LogP contribution in [-0.2, 0) is 16.1 Å². The van der Waals surface area contributed by atoms with E-state index in [0.29, 0.717) is 19.6 Å². The topological polar surface area (TPSA) is 77.7 Å².